The van der Waals surface area contributed by atoms with E-state index in [1.165, 1.54) is 14.0 Å². The Kier molecular flexibility index (Phi) is 11.1. The lowest BCUT2D eigenvalue weighted by Crippen LogP contribution is -2.02. The number of methoxy groups -OCH3 is 1. The molecule has 0 radical (unpaired) electrons. The van der Waals surface area contributed by atoms with E-state index in [0.29, 0.717) is 6.61 Å². The van der Waals surface area contributed by atoms with E-state index in [1.54, 1.807) is 6.92 Å². The molecule has 0 fully saturated rings. The van der Waals surface area contributed by atoms with Crippen molar-refractivity contribution >= 4 is 11.9 Å². The molecule has 0 rings (SSSR count). The predicted molar refractivity (Wildman–Crippen MR) is 41.8 cm³/mol. The lowest BCUT2D eigenvalue weighted by molar-refractivity contribution is -0.141. The maximum Gasteiger partial charge on any atom is 0.329 e. The van der Waals surface area contributed by atoms with Gasteiger partial charge < -0.3 is 14.6 Å². The highest BCUT2D eigenvalue weighted by Crippen LogP contribution is 1.69. The summed E-state index contributed by atoms with van der Waals surface area (Å²) in [5.41, 5.74) is 0. The minimum absolute atomic E-state index is 0.208. The van der Waals surface area contributed by atoms with Crippen molar-refractivity contribution in [3.05, 3.63) is 0 Å². The van der Waals surface area contributed by atoms with Gasteiger partial charge in [0.2, 0.25) is 0 Å². The Morgan fingerprint density at radius 3 is 1.92 bits per heavy atom. The van der Waals surface area contributed by atoms with Crippen LogP contribution in [-0.2, 0) is 19.1 Å². The molecule has 0 unspecified atom stereocenters. The number of hydrogen-bond acceptors (Lipinski definition) is 4. The van der Waals surface area contributed by atoms with Crippen molar-refractivity contribution in [2.24, 2.45) is 0 Å². The Morgan fingerprint density at radius 2 is 1.92 bits per heavy atom. The van der Waals surface area contributed by atoms with Crippen molar-refractivity contribution in [1.29, 1.82) is 0 Å². The third kappa shape index (κ3) is 23.1. The summed E-state index contributed by atoms with van der Waals surface area (Å²) < 4.78 is 8.61. The molecule has 72 valence electrons. The molecule has 0 atom stereocenters. The minimum atomic E-state index is -0.933. The largest absolute Gasteiger partial charge is 0.480 e. The summed E-state index contributed by atoms with van der Waals surface area (Å²) in [6.07, 6.45) is 0. The quantitative estimate of drug-likeness (QED) is 0.628. The Hall–Kier alpha value is -1.10. The third-order valence-electron chi connectivity index (χ3n) is 0.615. The Morgan fingerprint density at radius 1 is 1.42 bits per heavy atom. The molecule has 0 aromatic heterocycles. The highest BCUT2D eigenvalue weighted by atomic mass is 16.5. The number of rotatable bonds is 3. The van der Waals surface area contributed by atoms with E-state index in [-0.39, 0.29) is 12.6 Å². The average molecular weight is 178 g/mol. The van der Waals surface area contributed by atoms with Gasteiger partial charge in [-0.25, -0.2) is 4.79 Å². The van der Waals surface area contributed by atoms with Gasteiger partial charge >= 0.3 is 11.9 Å². The van der Waals surface area contributed by atoms with Crippen LogP contribution in [0, 0.1) is 0 Å². The molecule has 12 heavy (non-hydrogen) atoms. The van der Waals surface area contributed by atoms with E-state index in [4.69, 9.17) is 5.11 Å². The number of esters is 1. The molecule has 5 nitrogen and oxygen atoms in total. The van der Waals surface area contributed by atoms with Gasteiger partial charge in [-0.05, 0) is 6.92 Å². The maximum absolute atomic E-state index is 9.82. The molecule has 1 N–H and O–H groups in total. The summed E-state index contributed by atoms with van der Waals surface area (Å²) in [6.45, 7) is 3.44. The summed E-state index contributed by atoms with van der Waals surface area (Å²) in [7, 11) is 1.34. The summed E-state index contributed by atoms with van der Waals surface area (Å²) in [4.78, 5) is 19.3. The fraction of sp³-hybridized carbons (Fsp3) is 0.714. The van der Waals surface area contributed by atoms with Crippen LogP contribution in [0.5, 0.6) is 0 Å². The molecule has 0 saturated carbocycles. The Bertz CT molecular complexity index is 116. The van der Waals surface area contributed by atoms with Crippen LogP contribution in [0.2, 0.25) is 0 Å². The number of carboxylic acids is 1. The standard InChI is InChI=1S/C4H8O2.C3H6O3/c1-3-6-4(2)5;1-6-2-3(4)5/h3H2,1-2H3;2H2,1H3,(H,4,5). The molecule has 0 heterocycles. The van der Waals surface area contributed by atoms with Gasteiger partial charge in [0.1, 0.15) is 6.61 Å². The van der Waals surface area contributed by atoms with Crippen molar-refractivity contribution in [3.8, 4) is 0 Å². The number of hydrogen-bond donors (Lipinski definition) is 1. The molecule has 0 aromatic carbocycles. The van der Waals surface area contributed by atoms with Gasteiger partial charge in [0.25, 0.3) is 0 Å². The van der Waals surface area contributed by atoms with Crippen LogP contribution >= 0.6 is 0 Å². The first-order valence-electron chi connectivity index (χ1n) is 3.38. The second-order valence-corrected chi connectivity index (χ2v) is 1.75. The van der Waals surface area contributed by atoms with Crippen LogP contribution in [0.1, 0.15) is 13.8 Å². The Balaban J connectivity index is 0. The highest BCUT2D eigenvalue weighted by Gasteiger charge is 1.87. The van der Waals surface area contributed by atoms with Crippen LogP contribution in [0.15, 0.2) is 0 Å². The van der Waals surface area contributed by atoms with Crippen LogP contribution in [0.25, 0.3) is 0 Å². The van der Waals surface area contributed by atoms with Gasteiger partial charge in [-0.3, -0.25) is 4.79 Å². The normalized spacial score (nSPS) is 7.92. The fourth-order valence-corrected chi connectivity index (χ4v) is 0.327. The number of carbonyl (C=O) groups excluding carboxylic acids is 1. The first-order chi connectivity index (χ1) is 5.54. The van der Waals surface area contributed by atoms with Crippen molar-refractivity contribution < 1.29 is 24.2 Å². The second-order valence-electron chi connectivity index (χ2n) is 1.75. The van der Waals surface area contributed by atoms with E-state index in [0.717, 1.165) is 0 Å². The molecule has 0 aliphatic rings. The van der Waals surface area contributed by atoms with Gasteiger partial charge in [-0.2, -0.15) is 0 Å². The molecular weight excluding hydrogens is 164 g/mol. The molecule has 5 heteroatoms. The summed E-state index contributed by atoms with van der Waals surface area (Å²) in [6, 6.07) is 0. The van der Waals surface area contributed by atoms with Crippen LogP contribution in [0.4, 0.5) is 0 Å². The van der Waals surface area contributed by atoms with E-state index in [1.807, 2.05) is 0 Å². The zero-order chi connectivity index (χ0) is 9.98. The molecule has 0 spiro atoms. The van der Waals surface area contributed by atoms with Crippen LogP contribution in [-0.4, -0.2) is 37.4 Å². The van der Waals surface area contributed by atoms with Crippen molar-refractivity contribution in [1.82, 2.24) is 0 Å². The Labute approximate surface area is 71.3 Å². The van der Waals surface area contributed by atoms with E-state index in [2.05, 4.69) is 9.47 Å². The van der Waals surface area contributed by atoms with Crippen molar-refractivity contribution in [2.45, 2.75) is 13.8 Å². The average Bonchev–Trinajstić information content (AvgIpc) is 1.87. The summed E-state index contributed by atoms with van der Waals surface area (Å²) in [5, 5.41) is 7.79. The first kappa shape index (κ1) is 13.5. The number of carbonyl (C=O) groups is 2. The molecule has 0 bridgehead atoms. The molecule has 0 aliphatic heterocycles. The van der Waals surface area contributed by atoms with Crippen molar-refractivity contribution in [3.63, 3.8) is 0 Å². The minimum Gasteiger partial charge on any atom is -0.480 e. The van der Waals surface area contributed by atoms with E-state index in [9.17, 15) is 9.59 Å². The molecular formula is C7H14O5. The van der Waals surface area contributed by atoms with Gasteiger partial charge in [0.05, 0.1) is 6.61 Å². The predicted octanol–water partition coefficient (Wildman–Crippen LogP) is 0.287. The fourth-order valence-electron chi connectivity index (χ4n) is 0.327. The SMILES string of the molecule is CCOC(C)=O.COCC(=O)O. The molecule has 0 aromatic rings. The molecule has 0 amide bonds. The van der Waals surface area contributed by atoms with Crippen LogP contribution < -0.4 is 0 Å². The number of carboxylic acid groups (broad SMARTS) is 1. The third-order valence-corrected chi connectivity index (χ3v) is 0.615. The van der Waals surface area contributed by atoms with Gasteiger partial charge in [-0.1, -0.05) is 0 Å². The lowest BCUT2D eigenvalue weighted by Gasteiger charge is -1.89. The van der Waals surface area contributed by atoms with Gasteiger partial charge in [0, 0.05) is 14.0 Å². The van der Waals surface area contributed by atoms with Crippen molar-refractivity contribution in [2.75, 3.05) is 20.3 Å². The van der Waals surface area contributed by atoms with Gasteiger partial charge in [0.15, 0.2) is 0 Å². The first-order valence-corrected chi connectivity index (χ1v) is 3.38. The number of ether oxygens (including phenoxy) is 2. The number of aliphatic carboxylic acids is 1. The monoisotopic (exact) mass is 178 g/mol. The van der Waals surface area contributed by atoms with Gasteiger partial charge in [-0.15, -0.1) is 0 Å². The zero-order valence-electron chi connectivity index (χ0n) is 7.49. The second kappa shape index (κ2) is 9.90. The maximum atomic E-state index is 9.82. The summed E-state index contributed by atoms with van der Waals surface area (Å²) in [5.74, 6) is -1.14. The summed E-state index contributed by atoms with van der Waals surface area (Å²) >= 11 is 0. The van der Waals surface area contributed by atoms with Crippen LogP contribution in [0.3, 0.4) is 0 Å². The smallest absolute Gasteiger partial charge is 0.329 e. The topological polar surface area (TPSA) is 72.8 Å². The van der Waals surface area contributed by atoms with E-state index >= 15 is 0 Å². The molecule has 0 aliphatic carbocycles. The van der Waals surface area contributed by atoms with E-state index < -0.39 is 5.97 Å². The molecule has 0 saturated heterocycles. The highest BCUT2D eigenvalue weighted by molar-refractivity contribution is 5.67. The lowest BCUT2D eigenvalue weighted by atomic mass is 10.8. The zero-order valence-corrected chi connectivity index (χ0v) is 7.49.